The largest absolute Gasteiger partial charge is 0.351 e. The Morgan fingerprint density at radius 1 is 0.926 bits per heavy atom. The van der Waals surface area contributed by atoms with Crippen molar-refractivity contribution in [3.05, 3.63) is 88.1 Å². The van der Waals surface area contributed by atoms with Gasteiger partial charge in [0.15, 0.2) is 0 Å². The minimum atomic E-state index is -0.165. The fourth-order valence-electron chi connectivity index (χ4n) is 2.35. The van der Waals surface area contributed by atoms with Gasteiger partial charge in [-0.15, -0.1) is 0 Å². The minimum absolute atomic E-state index is 0.159. The number of hydrogen-bond donors (Lipinski definition) is 2. The van der Waals surface area contributed by atoms with Gasteiger partial charge in [0.05, 0.1) is 0 Å². The second-order valence-electron chi connectivity index (χ2n) is 5.76. The molecule has 0 fully saturated rings. The minimum Gasteiger partial charge on any atom is -0.351 e. The molecule has 3 aromatic rings. The van der Waals surface area contributed by atoms with E-state index in [1.165, 1.54) is 11.3 Å². The molecule has 0 bridgehead atoms. The molecule has 0 spiro atoms. The number of carbonyl (C=O) groups is 2. The summed E-state index contributed by atoms with van der Waals surface area (Å²) in [5, 5.41) is 9.19. The highest BCUT2D eigenvalue weighted by Crippen LogP contribution is 2.10. The molecule has 4 nitrogen and oxygen atoms in total. The van der Waals surface area contributed by atoms with Gasteiger partial charge in [-0.25, -0.2) is 0 Å². The molecule has 1 aromatic heterocycles. The normalized spacial score (nSPS) is 9.78. The molecule has 2 aromatic carbocycles. The van der Waals surface area contributed by atoms with Crippen LogP contribution in [0.4, 0.5) is 5.69 Å². The molecule has 3 rings (SSSR count). The Balaban J connectivity index is 1.51. The van der Waals surface area contributed by atoms with Crippen molar-refractivity contribution < 1.29 is 9.59 Å². The molecule has 27 heavy (non-hydrogen) atoms. The van der Waals surface area contributed by atoms with Crippen molar-refractivity contribution in [1.82, 2.24) is 5.32 Å². The van der Waals surface area contributed by atoms with E-state index in [-0.39, 0.29) is 24.8 Å². The number of carbonyl (C=O) groups excluding carboxylic acids is 2. The number of thiophene rings is 1. The smallest absolute Gasteiger partial charge is 0.252 e. The van der Waals surface area contributed by atoms with E-state index in [0.29, 0.717) is 11.3 Å². The van der Waals surface area contributed by atoms with Crippen molar-refractivity contribution in [2.24, 2.45) is 0 Å². The van der Waals surface area contributed by atoms with Crippen molar-refractivity contribution in [2.75, 3.05) is 11.9 Å². The lowest BCUT2D eigenvalue weighted by molar-refractivity contribution is -0.116. The quantitative estimate of drug-likeness (QED) is 0.666. The Labute approximate surface area is 162 Å². The summed E-state index contributed by atoms with van der Waals surface area (Å²) in [5.74, 6) is 5.86. The molecule has 2 amide bonds. The Bertz CT molecular complexity index is 970. The Morgan fingerprint density at radius 3 is 2.48 bits per heavy atom. The molecule has 134 valence electrons. The number of nitrogens with one attached hydrogen (secondary N) is 2. The van der Waals surface area contributed by atoms with Crippen LogP contribution in [-0.4, -0.2) is 18.4 Å². The monoisotopic (exact) mass is 374 g/mol. The average molecular weight is 374 g/mol. The van der Waals surface area contributed by atoms with Crippen LogP contribution in [0.2, 0.25) is 0 Å². The summed E-state index contributed by atoms with van der Waals surface area (Å²) in [4.78, 5) is 23.9. The second kappa shape index (κ2) is 9.37. The van der Waals surface area contributed by atoms with Gasteiger partial charge >= 0.3 is 0 Å². The van der Waals surface area contributed by atoms with Crippen LogP contribution >= 0.6 is 11.3 Å². The zero-order chi connectivity index (χ0) is 18.9. The number of anilines is 1. The van der Waals surface area contributed by atoms with E-state index in [1.807, 2.05) is 60.0 Å². The Hall–Kier alpha value is -3.36. The number of rotatable bonds is 5. The highest BCUT2D eigenvalue weighted by molar-refractivity contribution is 7.08. The van der Waals surface area contributed by atoms with Gasteiger partial charge in [-0.2, -0.15) is 11.3 Å². The third-order valence-electron chi connectivity index (χ3n) is 3.69. The van der Waals surface area contributed by atoms with E-state index >= 15 is 0 Å². The van der Waals surface area contributed by atoms with Crippen LogP contribution in [-0.2, 0) is 4.79 Å². The summed E-state index contributed by atoms with van der Waals surface area (Å²) >= 11 is 1.46. The molecule has 0 saturated heterocycles. The zero-order valence-corrected chi connectivity index (χ0v) is 15.4. The fourth-order valence-corrected chi connectivity index (χ4v) is 2.99. The van der Waals surface area contributed by atoms with Gasteiger partial charge in [-0.3, -0.25) is 9.59 Å². The molecule has 0 aliphatic rings. The van der Waals surface area contributed by atoms with Gasteiger partial charge in [-0.05, 0) is 41.8 Å². The van der Waals surface area contributed by atoms with E-state index in [4.69, 9.17) is 0 Å². The molecule has 0 aliphatic heterocycles. The van der Waals surface area contributed by atoms with Gasteiger partial charge < -0.3 is 10.6 Å². The van der Waals surface area contributed by atoms with Crippen LogP contribution in [0.5, 0.6) is 0 Å². The molecule has 1 heterocycles. The van der Waals surface area contributed by atoms with Crippen LogP contribution in [0.15, 0.2) is 71.4 Å². The lowest BCUT2D eigenvalue weighted by Gasteiger charge is -2.06. The van der Waals surface area contributed by atoms with E-state index in [2.05, 4.69) is 22.5 Å². The number of benzene rings is 2. The van der Waals surface area contributed by atoms with Gasteiger partial charge in [0.2, 0.25) is 5.91 Å². The molecule has 0 atom stereocenters. The SMILES string of the molecule is O=C(CCNC(=O)c1ccsc1)Nc1cccc(C#Cc2ccccc2)c1. The average Bonchev–Trinajstić information content (AvgIpc) is 3.22. The van der Waals surface area contributed by atoms with E-state index in [1.54, 1.807) is 11.4 Å². The first-order chi connectivity index (χ1) is 13.2. The molecule has 0 unspecified atom stereocenters. The first-order valence-corrected chi connectivity index (χ1v) is 9.42. The molecule has 2 N–H and O–H groups in total. The Kier molecular flexibility index (Phi) is 6.40. The first-order valence-electron chi connectivity index (χ1n) is 8.48. The summed E-state index contributed by atoms with van der Waals surface area (Å²) in [6.07, 6.45) is 0.204. The summed E-state index contributed by atoms with van der Waals surface area (Å²) in [6, 6.07) is 18.9. The molecule has 0 saturated carbocycles. The lowest BCUT2D eigenvalue weighted by Crippen LogP contribution is -2.27. The predicted octanol–water partition coefficient (Wildman–Crippen LogP) is 3.91. The summed E-state index contributed by atoms with van der Waals surface area (Å²) < 4.78 is 0. The summed E-state index contributed by atoms with van der Waals surface area (Å²) in [6.45, 7) is 0.286. The Morgan fingerprint density at radius 2 is 1.70 bits per heavy atom. The first kappa shape index (κ1) is 18.4. The molecule has 0 aliphatic carbocycles. The zero-order valence-electron chi connectivity index (χ0n) is 14.6. The third-order valence-corrected chi connectivity index (χ3v) is 4.38. The topological polar surface area (TPSA) is 58.2 Å². The predicted molar refractivity (Wildman–Crippen MR) is 109 cm³/mol. The van der Waals surface area contributed by atoms with Crippen LogP contribution in [0, 0.1) is 11.8 Å². The second-order valence-corrected chi connectivity index (χ2v) is 6.54. The maximum Gasteiger partial charge on any atom is 0.252 e. The van der Waals surface area contributed by atoms with Crippen LogP contribution in [0.1, 0.15) is 27.9 Å². The van der Waals surface area contributed by atoms with Crippen LogP contribution in [0.25, 0.3) is 0 Å². The number of hydrogen-bond acceptors (Lipinski definition) is 3. The molecule has 5 heteroatoms. The van der Waals surface area contributed by atoms with Gasteiger partial charge in [-0.1, -0.05) is 36.1 Å². The van der Waals surface area contributed by atoms with Crippen molar-refractivity contribution in [1.29, 1.82) is 0 Å². The van der Waals surface area contributed by atoms with Crippen molar-refractivity contribution in [3.8, 4) is 11.8 Å². The standard InChI is InChI=1S/C22H18N2O2S/c25-21(11-13-23-22(26)19-12-14-27-16-19)24-20-8-4-7-18(15-20)10-9-17-5-2-1-3-6-17/h1-8,12,14-16H,11,13H2,(H,23,26)(H,24,25). The molecular formula is C22H18N2O2S. The van der Waals surface area contributed by atoms with Crippen molar-refractivity contribution in [2.45, 2.75) is 6.42 Å². The van der Waals surface area contributed by atoms with Crippen molar-refractivity contribution in [3.63, 3.8) is 0 Å². The number of amides is 2. The summed E-state index contributed by atoms with van der Waals surface area (Å²) in [7, 11) is 0. The van der Waals surface area contributed by atoms with Crippen LogP contribution in [0.3, 0.4) is 0 Å². The van der Waals surface area contributed by atoms with Crippen molar-refractivity contribution >= 4 is 28.8 Å². The van der Waals surface area contributed by atoms with E-state index < -0.39 is 0 Å². The van der Waals surface area contributed by atoms with E-state index in [9.17, 15) is 9.59 Å². The fraction of sp³-hybridized carbons (Fsp3) is 0.0909. The highest BCUT2D eigenvalue weighted by Gasteiger charge is 2.07. The highest BCUT2D eigenvalue weighted by atomic mass is 32.1. The molecular weight excluding hydrogens is 356 g/mol. The maximum absolute atomic E-state index is 12.1. The van der Waals surface area contributed by atoms with Gasteiger partial charge in [0.1, 0.15) is 0 Å². The van der Waals surface area contributed by atoms with Gasteiger partial charge in [0.25, 0.3) is 5.91 Å². The van der Waals surface area contributed by atoms with Gasteiger partial charge in [0, 0.05) is 40.7 Å². The molecule has 0 radical (unpaired) electrons. The third kappa shape index (κ3) is 5.84. The van der Waals surface area contributed by atoms with Crippen LogP contribution < -0.4 is 10.6 Å². The lowest BCUT2D eigenvalue weighted by atomic mass is 10.1. The van der Waals surface area contributed by atoms with E-state index in [0.717, 1.165) is 11.1 Å². The summed E-state index contributed by atoms with van der Waals surface area (Å²) in [5.41, 5.74) is 3.06. The maximum atomic E-state index is 12.1.